The molecule has 0 fully saturated rings. The topological polar surface area (TPSA) is 46.5 Å². The smallest absolute Gasteiger partial charge is 0.206 e. The van der Waals surface area contributed by atoms with Crippen LogP contribution in [0.3, 0.4) is 0 Å². The highest BCUT2D eigenvalue weighted by Crippen LogP contribution is 2.21. The SMILES string of the molecule is CC(=NS(=O)(=O)C(C)(C)C)c1cc(Br)ccc1F. The monoisotopic (exact) mass is 335 g/mol. The number of rotatable bonds is 2. The zero-order valence-electron chi connectivity index (χ0n) is 10.7. The summed E-state index contributed by atoms with van der Waals surface area (Å²) in [5.74, 6) is -0.497. The molecule has 0 saturated carbocycles. The van der Waals surface area contributed by atoms with E-state index in [1.807, 2.05) is 0 Å². The van der Waals surface area contributed by atoms with Crippen molar-refractivity contribution in [2.45, 2.75) is 32.4 Å². The predicted octanol–water partition coefficient (Wildman–Crippen LogP) is 3.53. The average molecular weight is 336 g/mol. The third-order valence-electron chi connectivity index (χ3n) is 2.35. The van der Waals surface area contributed by atoms with Gasteiger partial charge in [0.2, 0.25) is 0 Å². The van der Waals surface area contributed by atoms with Crippen LogP contribution in [0.4, 0.5) is 4.39 Å². The fourth-order valence-corrected chi connectivity index (χ4v) is 2.23. The van der Waals surface area contributed by atoms with Crippen molar-refractivity contribution in [2.24, 2.45) is 4.40 Å². The standard InChI is InChI=1S/C12H15BrFNO2S/c1-8(15-18(16,17)12(2,3)4)10-7-9(13)5-6-11(10)14/h5-7H,1-4H3. The molecule has 3 nitrogen and oxygen atoms in total. The molecular weight excluding hydrogens is 321 g/mol. The molecule has 0 bridgehead atoms. The van der Waals surface area contributed by atoms with Gasteiger partial charge in [0.1, 0.15) is 5.82 Å². The Kier molecular flexibility index (Phi) is 4.33. The van der Waals surface area contributed by atoms with Crippen molar-refractivity contribution in [3.63, 3.8) is 0 Å². The number of sulfonamides is 1. The van der Waals surface area contributed by atoms with Crippen LogP contribution in [-0.4, -0.2) is 18.9 Å². The highest BCUT2D eigenvalue weighted by Gasteiger charge is 2.28. The fraction of sp³-hybridized carbons (Fsp3) is 0.417. The van der Waals surface area contributed by atoms with E-state index in [0.29, 0.717) is 4.47 Å². The maximum Gasteiger partial charge on any atom is 0.258 e. The van der Waals surface area contributed by atoms with Crippen LogP contribution < -0.4 is 0 Å². The van der Waals surface area contributed by atoms with E-state index in [1.165, 1.54) is 19.1 Å². The molecule has 0 aliphatic heterocycles. The summed E-state index contributed by atoms with van der Waals surface area (Å²) in [7, 11) is -3.67. The minimum Gasteiger partial charge on any atom is -0.206 e. The number of hydrogen-bond acceptors (Lipinski definition) is 2. The van der Waals surface area contributed by atoms with Crippen molar-refractivity contribution in [1.82, 2.24) is 0 Å². The minimum absolute atomic E-state index is 0.142. The Balaban J connectivity index is 3.31. The van der Waals surface area contributed by atoms with Crippen molar-refractivity contribution in [3.8, 4) is 0 Å². The lowest BCUT2D eigenvalue weighted by Gasteiger charge is -2.16. The zero-order valence-corrected chi connectivity index (χ0v) is 13.1. The van der Waals surface area contributed by atoms with Crippen LogP contribution in [0.1, 0.15) is 33.3 Å². The van der Waals surface area contributed by atoms with E-state index in [4.69, 9.17) is 0 Å². The molecule has 0 amide bonds. The molecule has 0 heterocycles. The van der Waals surface area contributed by atoms with Crippen molar-refractivity contribution < 1.29 is 12.8 Å². The van der Waals surface area contributed by atoms with E-state index in [2.05, 4.69) is 20.3 Å². The molecule has 0 spiro atoms. The molecule has 0 aromatic heterocycles. The van der Waals surface area contributed by atoms with Crippen molar-refractivity contribution in [2.75, 3.05) is 0 Å². The van der Waals surface area contributed by atoms with Gasteiger partial charge in [0.05, 0.1) is 10.5 Å². The number of hydrogen-bond donors (Lipinski definition) is 0. The second-order valence-corrected chi connectivity index (χ2v) is 8.16. The van der Waals surface area contributed by atoms with E-state index in [1.54, 1.807) is 26.8 Å². The van der Waals surface area contributed by atoms with Gasteiger partial charge in [-0.3, -0.25) is 0 Å². The van der Waals surface area contributed by atoms with Crippen LogP contribution in [0.2, 0.25) is 0 Å². The summed E-state index contributed by atoms with van der Waals surface area (Å²) in [6.45, 7) is 6.14. The maximum absolute atomic E-state index is 13.6. The average Bonchev–Trinajstić information content (AvgIpc) is 2.19. The Labute approximate surface area is 115 Å². The molecule has 0 aliphatic carbocycles. The Bertz CT molecular complexity index is 589. The summed E-state index contributed by atoms with van der Waals surface area (Å²) >= 11 is 3.21. The third-order valence-corrected chi connectivity index (χ3v) is 4.90. The van der Waals surface area contributed by atoms with E-state index in [0.717, 1.165) is 0 Å². The molecule has 0 aliphatic rings. The number of benzene rings is 1. The summed E-state index contributed by atoms with van der Waals surface area (Å²) in [5.41, 5.74) is 0.320. The summed E-state index contributed by atoms with van der Waals surface area (Å²) in [5, 5.41) is 0. The Morgan fingerprint density at radius 2 is 1.89 bits per heavy atom. The number of halogens is 2. The summed E-state index contributed by atoms with van der Waals surface area (Å²) in [4.78, 5) is 0. The van der Waals surface area contributed by atoms with E-state index in [-0.39, 0.29) is 11.3 Å². The Hall–Kier alpha value is -0.750. The molecule has 0 radical (unpaired) electrons. The van der Waals surface area contributed by atoms with Gasteiger partial charge >= 0.3 is 0 Å². The lowest BCUT2D eigenvalue weighted by Crippen LogP contribution is -2.26. The lowest BCUT2D eigenvalue weighted by atomic mass is 10.1. The van der Waals surface area contributed by atoms with Gasteiger partial charge in [0, 0.05) is 10.0 Å². The second-order valence-electron chi connectivity index (χ2n) is 4.89. The quantitative estimate of drug-likeness (QED) is 0.776. The molecule has 6 heteroatoms. The van der Waals surface area contributed by atoms with Gasteiger partial charge in [-0.05, 0) is 45.9 Å². The molecule has 0 unspecified atom stereocenters. The molecule has 0 N–H and O–H groups in total. The molecule has 100 valence electrons. The predicted molar refractivity (Wildman–Crippen MR) is 75.0 cm³/mol. The fourth-order valence-electron chi connectivity index (χ4n) is 1.14. The van der Waals surface area contributed by atoms with Gasteiger partial charge in [0.15, 0.2) is 0 Å². The number of nitrogens with zero attached hydrogens (tertiary/aromatic N) is 1. The normalized spacial score (nSPS) is 13.8. The summed E-state index contributed by atoms with van der Waals surface area (Å²) < 4.78 is 40.8. The van der Waals surface area contributed by atoms with E-state index >= 15 is 0 Å². The van der Waals surface area contributed by atoms with Crippen LogP contribution in [-0.2, 0) is 10.0 Å². The minimum atomic E-state index is -3.67. The van der Waals surface area contributed by atoms with E-state index < -0.39 is 20.6 Å². The third kappa shape index (κ3) is 3.38. The first kappa shape index (κ1) is 15.3. The van der Waals surface area contributed by atoms with Gasteiger partial charge in [-0.1, -0.05) is 15.9 Å². The van der Waals surface area contributed by atoms with Gasteiger partial charge < -0.3 is 0 Å². The van der Waals surface area contributed by atoms with Crippen LogP contribution in [0, 0.1) is 5.82 Å². The molecule has 1 rings (SSSR count). The van der Waals surface area contributed by atoms with Gasteiger partial charge in [-0.15, -0.1) is 0 Å². The van der Waals surface area contributed by atoms with E-state index in [9.17, 15) is 12.8 Å². The maximum atomic E-state index is 13.6. The molecule has 0 atom stereocenters. The Morgan fingerprint density at radius 3 is 2.39 bits per heavy atom. The van der Waals surface area contributed by atoms with Crippen molar-refractivity contribution in [1.29, 1.82) is 0 Å². The molecule has 0 saturated heterocycles. The highest BCUT2D eigenvalue weighted by molar-refractivity contribution is 9.10. The van der Waals surface area contributed by atoms with Crippen molar-refractivity contribution in [3.05, 3.63) is 34.1 Å². The first-order valence-electron chi connectivity index (χ1n) is 5.31. The molecular formula is C12H15BrFNO2S. The van der Waals surface area contributed by atoms with Gasteiger partial charge in [0.25, 0.3) is 10.0 Å². The molecule has 1 aromatic carbocycles. The first-order chi connectivity index (χ1) is 8.04. The first-order valence-corrected chi connectivity index (χ1v) is 7.54. The van der Waals surface area contributed by atoms with Gasteiger partial charge in [-0.25, -0.2) is 12.8 Å². The largest absolute Gasteiger partial charge is 0.258 e. The van der Waals surface area contributed by atoms with Crippen molar-refractivity contribution >= 4 is 31.7 Å². The molecule has 18 heavy (non-hydrogen) atoms. The van der Waals surface area contributed by atoms with Crippen LogP contribution >= 0.6 is 15.9 Å². The van der Waals surface area contributed by atoms with Crippen LogP contribution in [0.25, 0.3) is 0 Å². The van der Waals surface area contributed by atoms with Crippen LogP contribution in [0.15, 0.2) is 27.1 Å². The second kappa shape index (κ2) is 5.09. The van der Waals surface area contributed by atoms with Crippen LogP contribution in [0.5, 0.6) is 0 Å². The summed E-state index contributed by atoms with van der Waals surface area (Å²) in [6, 6.07) is 4.32. The Morgan fingerprint density at radius 1 is 1.33 bits per heavy atom. The molecule has 1 aromatic rings. The highest BCUT2D eigenvalue weighted by atomic mass is 79.9. The summed E-state index contributed by atoms with van der Waals surface area (Å²) in [6.07, 6.45) is 0. The lowest BCUT2D eigenvalue weighted by molar-refractivity contribution is 0.562. The zero-order chi connectivity index (χ0) is 14.1. The van der Waals surface area contributed by atoms with Gasteiger partial charge in [-0.2, -0.15) is 4.40 Å².